The number of hydrogen-bond acceptors (Lipinski definition) is 3. The summed E-state index contributed by atoms with van der Waals surface area (Å²) in [4.78, 5) is 6.65. The van der Waals surface area contributed by atoms with Gasteiger partial charge in [-0.05, 0) is 63.2 Å². The molecule has 0 aliphatic rings. The van der Waals surface area contributed by atoms with E-state index in [0.29, 0.717) is 0 Å². The van der Waals surface area contributed by atoms with E-state index >= 15 is 0 Å². The van der Waals surface area contributed by atoms with E-state index in [1.807, 2.05) is 22.9 Å². The summed E-state index contributed by atoms with van der Waals surface area (Å²) >= 11 is 0. The summed E-state index contributed by atoms with van der Waals surface area (Å²) in [6, 6.07) is 8.19. The highest BCUT2D eigenvalue weighted by atomic mass is 16.5. The van der Waals surface area contributed by atoms with Crippen molar-refractivity contribution < 1.29 is 4.74 Å². The second-order valence-corrected chi connectivity index (χ2v) is 6.87. The Bertz CT molecular complexity index is 566. The van der Waals surface area contributed by atoms with Gasteiger partial charge in [0.25, 0.3) is 0 Å². The molecule has 0 bridgehead atoms. The third kappa shape index (κ3) is 7.61. The van der Waals surface area contributed by atoms with E-state index in [2.05, 4.69) is 35.9 Å². The van der Waals surface area contributed by atoms with Crippen molar-refractivity contribution in [3.63, 3.8) is 0 Å². The first-order valence-electron chi connectivity index (χ1n) is 10.3. The molecule has 4 nitrogen and oxygen atoms in total. The van der Waals surface area contributed by atoms with Crippen LogP contribution in [0.2, 0.25) is 0 Å². The summed E-state index contributed by atoms with van der Waals surface area (Å²) in [5.74, 6) is 0.942. The highest BCUT2D eigenvalue weighted by molar-refractivity contribution is 5.37. The molecule has 0 N–H and O–H groups in total. The topological polar surface area (TPSA) is 30.3 Å². The van der Waals surface area contributed by atoms with Gasteiger partial charge in [0.1, 0.15) is 5.75 Å². The lowest BCUT2D eigenvalue weighted by Gasteiger charge is -2.20. The minimum Gasteiger partial charge on any atom is -0.494 e. The van der Waals surface area contributed by atoms with Crippen LogP contribution in [0.5, 0.6) is 5.75 Å². The number of nitrogens with zero attached hydrogens (tertiary/aromatic N) is 3. The van der Waals surface area contributed by atoms with Crippen LogP contribution in [0.25, 0.3) is 5.69 Å². The Kier molecular flexibility index (Phi) is 9.88. The molecule has 144 valence electrons. The van der Waals surface area contributed by atoms with Crippen molar-refractivity contribution in [2.45, 2.75) is 58.8 Å². The van der Waals surface area contributed by atoms with E-state index in [9.17, 15) is 0 Å². The average molecular weight is 358 g/mol. The molecule has 1 aromatic heterocycles. The fourth-order valence-electron chi connectivity index (χ4n) is 3.12. The summed E-state index contributed by atoms with van der Waals surface area (Å²) < 4.78 is 7.87. The predicted molar refractivity (Wildman–Crippen MR) is 109 cm³/mol. The number of hydrogen-bond donors (Lipinski definition) is 0. The molecule has 0 fully saturated rings. The first-order valence-corrected chi connectivity index (χ1v) is 10.3. The third-order valence-corrected chi connectivity index (χ3v) is 4.80. The van der Waals surface area contributed by atoms with Crippen LogP contribution in [0, 0.1) is 0 Å². The van der Waals surface area contributed by atoms with Crippen molar-refractivity contribution in [1.82, 2.24) is 14.5 Å². The second kappa shape index (κ2) is 12.5. The van der Waals surface area contributed by atoms with Gasteiger partial charge in [-0.3, -0.25) is 0 Å². The smallest absolute Gasteiger partial charge is 0.119 e. The van der Waals surface area contributed by atoms with Crippen molar-refractivity contribution in [2.75, 3.05) is 26.2 Å². The Morgan fingerprint density at radius 2 is 1.65 bits per heavy atom. The van der Waals surface area contributed by atoms with Crippen LogP contribution in [0.3, 0.4) is 0 Å². The number of ether oxygens (including phenoxy) is 1. The SMILES string of the molecule is CCCCCCCN(CC)CCCCOc1ccc(-n2ccnc2)cc1. The molecule has 0 saturated carbocycles. The first kappa shape index (κ1) is 20.5. The van der Waals surface area contributed by atoms with Gasteiger partial charge in [0.2, 0.25) is 0 Å². The number of benzene rings is 1. The number of imidazole rings is 1. The molecule has 0 spiro atoms. The molecular formula is C22H35N3O. The van der Waals surface area contributed by atoms with Gasteiger partial charge in [0.05, 0.1) is 12.9 Å². The fraction of sp³-hybridized carbons (Fsp3) is 0.591. The average Bonchev–Trinajstić information content (AvgIpc) is 3.21. The molecule has 1 aromatic carbocycles. The fourth-order valence-corrected chi connectivity index (χ4v) is 3.12. The Hall–Kier alpha value is -1.81. The van der Waals surface area contributed by atoms with Crippen LogP contribution < -0.4 is 4.74 Å². The minimum absolute atomic E-state index is 0.790. The van der Waals surface area contributed by atoms with E-state index in [1.165, 1.54) is 51.6 Å². The highest BCUT2D eigenvalue weighted by Crippen LogP contribution is 2.15. The highest BCUT2D eigenvalue weighted by Gasteiger charge is 2.02. The molecule has 0 unspecified atom stereocenters. The summed E-state index contributed by atoms with van der Waals surface area (Å²) in [6.45, 7) is 8.92. The Morgan fingerprint density at radius 3 is 2.31 bits per heavy atom. The van der Waals surface area contributed by atoms with E-state index in [1.54, 1.807) is 12.5 Å². The van der Waals surface area contributed by atoms with Gasteiger partial charge in [-0.2, -0.15) is 0 Å². The molecule has 26 heavy (non-hydrogen) atoms. The van der Waals surface area contributed by atoms with E-state index in [-0.39, 0.29) is 0 Å². The van der Waals surface area contributed by atoms with Crippen molar-refractivity contribution in [3.05, 3.63) is 43.0 Å². The Labute approximate surface area is 159 Å². The monoisotopic (exact) mass is 357 g/mol. The van der Waals surface area contributed by atoms with Crippen LogP contribution in [0.1, 0.15) is 58.8 Å². The number of aromatic nitrogens is 2. The molecule has 0 aliphatic carbocycles. The van der Waals surface area contributed by atoms with E-state index in [4.69, 9.17) is 4.74 Å². The summed E-state index contributed by atoms with van der Waals surface area (Å²) in [6.07, 6.45) is 14.7. The van der Waals surface area contributed by atoms with Crippen molar-refractivity contribution in [2.24, 2.45) is 0 Å². The maximum Gasteiger partial charge on any atom is 0.119 e. The zero-order valence-corrected chi connectivity index (χ0v) is 16.6. The van der Waals surface area contributed by atoms with Gasteiger partial charge in [0.15, 0.2) is 0 Å². The molecule has 2 rings (SSSR count). The van der Waals surface area contributed by atoms with Gasteiger partial charge in [-0.15, -0.1) is 0 Å². The molecule has 0 saturated heterocycles. The number of unbranched alkanes of at least 4 members (excludes halogenated alkanes) is 5. The zero-order valence-electron chi connectivity index (χ0n) is 16.6. The maximum absolute atomic E-state index is 5.88. The molecule has 0 aliphatic heterocycles. The van der Waals surface area contributed by atoms with Gasteiger partial charge >= 0.3 is 0 Å². The standard InChI is InChI=1S/C22H35N3O/c1-3-5-6-7-8-16-24(4-2)17-9-10-19-26-22-13-11-21(12-14-22)25-18-15-23-20-25/h11-15,18,20H,3-10,16-17,19H2,1-2H3. The Balaban J connectivity index is 1.56. The van der Waals surface area contributed by atoms with Crippen molar-refractivity contribution in [1.29, 1.82) is 0 Å². The van der Waals surface area contributed by atoms with Crippen molar-refractivity contribution in [3.8, 4) is 11.4 Å². The quantitative estimate of drug-likeness (QED) is 0.428. The maximum atomic E-state index is 5.88. The lowest BCUT2D eigenvalue weighted by Crippen LogP contribution is -2.26. The molecule has 4 heteroatoms. The summed E-state index contributed by atoms with van der Waals surface area (Å²) in [7, 11) is 0. The van der Waals surface area contributed by atoms with Crippen LogP contribution in [-0.4, -0.2) is 40.7 Å². The van der Waals surface area contributed by atoms with Crippen molar-refractivity contribution >= 4 is 0 Å². The zero-order chi connectivity index (χ0) is 18.5. The third-order valence-electron chi connectivity index (χ3n) is 4.80. The van der Waals surface area contributed by atoms with Gasteiger partial charge < -0.3 is 14.2 Å². The minimum atomic E-state index is 0.790. The largest absolute Gasteiger partial charge is 0.494 e. The predicted octanol–water partition coefficient (Wildman–Crippen LogP) is 5.32. The molecule has 1 heterocycles. The van der Waals surface area contributed by atoms with Gasteiger partial charge in [0, 0.05) is 18.1 Å². The summed E-state index contributed by atoms with van der Waals surface area (Å²) in [5, 5.41) is 0. The Morgan fingerprint density at radius 1 is 0.923 bits per heavy atom. The number of rotatable bonds is 14. The van der Waals surface area contributed by atoms with Crippen LogP contribution in [0.15, 0.2) is 43.0 Å². The van der Waals surface area contributed by atoms with Gasteiger partial charge in [-0.1, -0.05) is 39.5 Å². The van der Waals surface area contributed by atoms with Crippen LogP contribution >= 0.6 is 0 Å². The molecular weight excluding hydrogens is 322 g/mol. The lowest BCUT2D eigenvalue weighted by molar-refractivity contribution is 0.254. The second-order valence-electron chi connectivity index (χ2n) is 6.87. The first-order chi connectivity index (χ1) is 12.8. The van der Waals surface area contributed by atoms with Gasteiger partial charge in [-0.25, -0.2) is 4.98 Å². The normalized spacial score (nSPS) is 11.2. The molecule has 2 aromatic rings. The van der Waals surface area contributed by atoms with E-state index < -0.39 is 0 Å². The lowest BCUT2D eigenvalue weighted by atomic mass is 10.1. The van der Waals surface area contributed by atoms with E-state index in [0.717, 1.165) is 31.0 Å². The molecule has 0 radical (unpaired) electrons. The van der Waals surface area contributed by atoms with Crippen LogP contribution in [-0.2, 0) is 0 Å². The molecule has 0 atom stereocenters. The van der Waals surface area contributed by atoms with Crippen LogP contribution in [0.4, 0.5) is 0 Å². The molecule has 0 amide bonds. The summed E-state index contributed by atoms with van der Waals surface area (Å²) in [5.41, 5.74) is 1.10.